The van der Waals surface area contributed by atoms with Crippen LogP contribution >= 0.6 is 23.2 Å². The Bertz CT molecular complexity index is 715. The Morgan fingerprint density at radius 2 is 1.82 bits per heavy atom. The van der Waals surface area contributed by atoms with Crippen LogP contribution in [-0.2, 0) is 4.84 Å². The highest BCUT2D eigenvalue weighted by molar-refractivity contribution is 6.36. The van der Waals surface area contributed by atoms with Crippen LogP contribution in [0.3, 0.4) is 0 Å². The molecular weight excluding hydrogens is 327 g/mol. The average molecular weight is 339 g/mol. The molecule has 0 radical (unpaired) electrons. The van der Waals surface area contributed by atoms with Crippen molar-refractivity contribution < 1.29 is 14.4 Å². The van der Waals surface area contributed by atoms with Crippen molar-refractivity contribution in [1.29, 1.82) is 0 Å². The Kier molecular flexibility index (Phi) is 5.25. The van der Waals surface area contributed by atoms with Gasteiger partial charge < -0.3 is 15.3 Å². The van der Waals surface area contributed by atoms with Gasteiger partial charge in [0.15, 0.2) is 5.84 Å². The molecule has 0 atom stereocenters. The molecule has 0 fully saturated rings. The zero-order chi connectivity index (χ0) is 16.1. The summed E-state index contributed by atoms with van der Waals surface area (Å²) in [6.07, 6.45) is 0. The molecule has 2 aromatic rings. The highest BCUT2D eigenvalue weighted by Gasteiger charge is 2.13. The SMILES string of the molecule is COc1ccc(C(N)=NOC(=O)c2ccc(Cl)cc2Cl)cc1. The van der Waals surface area contributed by atoms with Crippen molar-refractivity contribution >= 4 is 35.0 Å². The van der Waals surface area contributed by atoms with Gasteiger partial charge in [0.05, 0.1) is 17.7 Å². The third kappa shape index (κ3) is 3.90. The molecule has 0 aliphatic heterocycles. The van der Waals surface area contributed by atoms with E-state index in [1.54, 1.807) is 31.4 Å². The van der Waals surface area contributed by atoms with Gasteiger partial charge in [0.25, 0.3) is 0 Å². The van der Waals surface area contributed by atoms with Crippen molar-refractivity contribution in [2.75, 3.05) is 7.11 Å². The van der Waals surface area contributed by atoms with Gasteiger partial charge in [0.2, 0.25) is 0 Å². The van der Waals surface area contributed by atoms with Gasteiger partial charge in [0.1, 0.15) is 5.75 Å². The molecular formula is C15H12Cl2N2O3. The Labute approximate surface area is 137 Å². The van der Waals surface area contributed by atoms with Crippen molar-refractivity contribution in [2.24, 2.45) is 10.9 Å². The van der Waals surface area contributed by atoms with Crippen LogP contribution in [0.5, 0.6) is 5.75 Å². The van der Waals surface area contributed by atoms with E-state index in [1.165, 1.54) is 18.2 Å². The van der Waals surface area contributed by atoms with Gasteiger partial charge in [-0.3, -0.25) is 0 Å². The van der Waals surface area contributed by atoms with Crippen LogP contribution in [-0.4, -0.2) is 18.9 Å². The number of carbonyl (C=O) groups is 1. The first kappa shape index (κ1) is 16.1. The fourth-order valence-electron chi connectivity index (χ4n) is 1.61. The number of ether oxygens (including phenoxy) is 1. The first-order valence-electron chi connectivity index (χ1n) is 6.15. The van der Waals surface area contributed by atoms with Crippen LogP contribution in [0.4, 0.5) is 0 Å². The third-order valence-corrected chi connectivity index (χ3v) is 3.31. The predicted octanol–water partition coefficient (Wildman–Crippen LogP) is 3.48. The molecule has 2 N–H and O–H groups in total. The van der Waals surface area contributed by atoms with Gasteiger partial charge in [-0.05, 0) is 42.5 Å². The second kappa shape index (κ2) is 7.15. The first-order valence-corrected chi connectivity index (χ1v) is 6.91. The van der Waals surface area contributed by atoms with E-state index in [-0.39, 0.29) is 16.4 Å². The smallest absolute Gasteiger partial charge is 0.367 e. The van der Waals surface area contributed by atoms with Crippen LogP contribution in [0.25, 0.3) is 0 Å². The number of rotatable bonds is 4. The summed E-state index contributed by atoms with van der Waals surface area (Å²) in [5, 5.41) is 4.20. The summed E-state index contributed by atoms with van der Waals surface area (Å²) < 4.78 is 5.04. The Morgan fingerprint density at radius 1 is 1.14 bits per heavy atom. The van der Waals surface area contributed by atoms with E-state index in [4.69, 9.17) is 38.5 Å². The number of nitrogens with zero attached hydrogens (tertiary/aromatic N) is 1. The number of oxime groups is 1. The number of amidine groups is 1. The number of methoxy groups -OCH3 is 1. The molecule has 0 aliphatic carbocycles. The molecule has 0 spiro atoms. The fourth-order valence-corrected chi connectivity index (χ4v) is 2.09. The van der Waals surface area contributed by atoms with Crippen molar-refractivity contribution in [3.05, 3.63) is 63.6 Å². The van der Waals surface area contributed by atoms with E-state index in [0.717, 1.165) is 0 Å². The molecule has 0 saturated heterocycles. The molecule has 0 amide bonds. The van der Waals surface area contributed by atoms with Gasteiger partial charge >= 0.3 is 5.97 Å². The summed E-state index contributed by atoms with van der Waals surface area (Å²) in [5.41, 5.74) is 6.50. The van der Waals surface area contributed by atoms with Gasteiger partial charge in [0, 0.05) is 10.6 Å². The van der Waals surface area contributed by atoms with Gasteiger partial charge in [-0.15, -0.1) is 0 Å². The number of carbonyl (C=O) groups excluding carboxylic acids is 1. The minimum atomic E-state index is -0.724. The summed E-state index contributed by atoms with van der Waals surface area (Å²) in [6, 6.07) is 11.2. The highest BCUT2D eigenvalue weighted by atomic mass is 35.5. The zero-order valence-corrected chi connectivity index (χ0v) is 13.1. The lowest BCUT2D eigenvalue weighted by Crippen LogP contribution is -2.15. The minimum Gasteiger partial charge on any atom is -0.497 e. The molecule has 0 bridgehead atoms. The van der Waals surface area contributed by atoms with E-state index < -0.39 is 5.97 Å². The maximum Gasteiger partial charge on any atom is 0.367 e. The van der Waals surface area contributed by atoms with Crippen molar-refractivity contribution in [1.82, 2.24) is 0 Å². The summed E-state index contributed by atoms with van der Waals surface area (Å²) in [4.78, 5) is 16.7. The number of halogens is 2. The van der Waals surface area contributed by atoms with E-state index in [0.29, 0.717) is 16.3 Å². The number of benzene rings is 2. The Hall–Kier alpha value is -2.24. The maximum atomic E-state index is 11.9. The van der Waals surface area contributed by atoms with E-state index >= 15 is 0 Å². The van der Waals surface area contributed by atoms with E-state index in [2.05, 4.69) is 5.16 Å². The van der Waals surface area contributed by atoms with Gasteiger partial charge in [-0.2, -0.15) is 0 Å². The minimum absolute atomic E-state index is 0.0566. The lowest BCUT2D eigenvalue weighted by Gasteiger charge is -2.04. The van der Waals surface area contributed by atoms with E-state index in [9.17, 15) is 4.79 Å². The number of hydrogen-bond donors (Lipinski definition) is 1. The second-order valence-corrected chi connectivity index (χ2v) is 5.05. The topological polar surface area (TPSA) is 73.9 Å². The molecule has 0 saturated carbocycles. The molecule has 5 nitrogen and oxygen atoms in total. The monoisotopic (exact) mass is 338 g/mol. The molecule has 0 unspecified atom stereocenters. The van der Waals surface area contributed by atoms with Crippen LogP contribution < -0.4 is 10.5 Å². The number of nitrogens with two attached hydrogens (primary N) is 1. The normalized spacial score (nSPS) is 11.1. The van der Waals surface area contributed by atoms with Crippen LogP contribution in [0.1, 0.15) is 15.9 Å². The molecule has 0 aliphatic rings. The number of hydrogen-bond acceptors (Lipinski definition) is 4. The van der Waals surface area contributed by atoms with E-state index in [1.807, 2.05) is 0 Å². The van der Waals surface area contributed by atoms with Crippen LogP contribution in [0.15, 0.2) is 47.6 Å². The Morgan fingerprint density at radius 3 is 2.41 bits per heavy atom. The summed E-state index contributed by atoms with van der Waals surface area (Å²) in [6.45, 7) is 0. The standard InChI is InChI=1S/C15H12Cl2N2O3/c1-21-11-5-2-9(3-6-11)14(18)19-22-15(20)12-7-4-10(16)8-13(12)17/h2-8H,1H3,(H2,18,19). The van der Waals surface area contributed by atoms with Crippen molar-refractivity contribution in [3.8, 4) is 5.75 Å². The first-order chi connectivity index (χ1) is 10.5. The third-order valence-electron chi connectivity index (χ3n) is 2.76. The summed E-state index contributed by atoms with van der Waals surface area (Å²) in [5.74, 6) is 0.0145. The predicted molar refractivity (Wildman–Crippen MR) is 85.6 cm³/mol. The second-order valence-electron chi connectivity index (χ2n) is 4.21. The molecule has 0 heterocycles. The lowest BCUT2D eigenvalue weighted by atomic mass is 10.2. The van der Waals surface area contributed by atoms with Crippen LogP contribution in [0, 0.1) is 0 Å². The molecule has 114 valence electrons. The molecule has 22 heavy (non-hydrogen) atoms. The zero-order valence-electron chi connectivity index (χ0n) is 11.5. The Balaban J connectivity index is 2.10. The van der Waals surface area contributed by atoms with Crippen molar-refractivity contribution in [3.63, 3.8) is 0 Å². The average Bonchev–Trinajstić information content (AvgIpc) is 2.52. The fraction of sp³-hybridized carbons (Fsp3) is 0.0667. The van der Waals surface area contributed by atoms with Gasteiger partial charge in [-0.25, -0.2) is 4.79 Å². The molecule has 0 aromatic heterocycles. The quantitative estimate of drug-likeness (QED) is 0.401. The van der Waals surface area contributed by atoms with Crippen LogP contribution in [0.2, 0.25) is 10.0 Å². The summed E-state index contributed by atoms with van der Waals surface area (Å²) in [7, 11) is 1.56. The van der Waals surface area contributed by atoms with Gasteiger partial charge in [-0.1, -0.05) is 28.4 Å². The van der Waals surface area contributed by atoms with Crippen molar-refractivity contribution in [2.45, 2.75) is 0 Å². The molecule has 2 rings (SSSR count). The largest absolute Gasteiger partial charge is 0.497 e. The maximum absolute atomic E-state index is 11.9. The lowest BCUT2D eigenvalue weighted by molar-refractivity contribution is 0.0516. The summed E-state index contributed by atoms with van der Waals surface area (Å²) >= 11 is 11.7. The molecule has 2 aromatic carbocycles. The molecule has 7 heteroatoms. The highest BCUT2D eigenvalue weighted by Crippen LogP contribution is 2.21.